The zero-order valence-electron chi connectivity index (χ0n) is 20.3. The molecule has 0 bridgehead atoms. The molecule has 0 saturated carbocycles. The molecule has 8 heteroatoms. The van der Waals surface area contributed by atoms with Crippen LogP contribution in [0.15, 0.2) is 64.0 Å². The van der Waals surface area contributed by atoms with E-state index in [0.717, 1.165) is 38.0 Å². The first-order chi connectivity index (χ1) is 17.1. The number of thiocarbonyl (C=S) groups is 1. The van der Waals surface area contributed by atoms with Crippen molar-refractivity contribution in [3.8, 4) is 5.75 Å². The molecule has 0 spiro atoms. The second-order valence-electron chi connectivity index (χ2n) is 8.63. The summed E-state index contributed by atoms with van der Waals surface area (Å²) in [6.07, 6.45) is 1.82. The number of nitrogens with one attached hydrogen (secondary N) is 1. The standard InChI is InChI=1S/C28H25BrN2O3S2/c1-16-5-10-24(19(4)11-16)31-27(33)25(36-28(31)35)14-20-6-8-21(9-7-20)34-15-26(32)30-23-13-18(3)17(2)12-22(23)29/h5-14H,15H2,1-4H3,(H,30,32)/b25-14-. The molecule has 2 amide bonds. The van der Waals surface area contributed by atoms with Crippen molar-refractivity contribution in [2.75, 3.05) is 16.8 Å². The maximum atomic E-state index is 13.1. The lowest BCUT2D eigenvalue weighted by Crippen LogP contribution is -2.28. The van der Waals surface area contributed by atoms with E-state index in [-0.39, 0.29) is 18.4 Å². The Morgan fingerprint density at radius 3 is 2.42 bits per heavy atom. The Balaban J connectivity index is 1.39. The van der Waals surface area contributed by atoms with Crippen molar-refractivity contribution in [3.05, 3.63) is 91.8 Å². The van der Waals surface area contributed by atoms with Gasteiger partial charge in [0.25, 0.3) is 11.8 Å². The molecule has 3 aromatic rings. The zero-order valence-corrected chi connectivity index (χ0v) is 23.6. The smallest absolute Gasteiger partial charge is 0.270 e. The quantitative estimate of drug-likeness (QED) is 0.249. The molecule has 0 aromatic heterocycles. The van der Waals surface area contributed by atoms with Crippen molar-refractivity contribution in [3.63, 3.8) is 0 Å². The van der Waals surface area contributed by atoms with Crippen LogP contribution in [0.25, 0.3) is 6.08 Å². The number of anilines is 2. The van der Waals surface area contributed by atoms with Crippen LogP contribution in [0.2, 0.25) is 0 Å². The van der Waals surface area contributed by atoms with E-state index >= 15 is 0 Å². The summed E-state index contributed by atoms with van der Waals surface area (Å²) >= 11 is 10.3. The van der Waals surface area contributed by atoms with Crippen LogP contribution in [0.3, 0.4) is 0 Å². The Kier molecular flexibility index (Phi) is 7.97. The second-order valence-corrected chi connectivity index (χ2v) is 11.2. The number of hydrogen-bond donors (Lipinski definition) is 1. The zero-order chi connectivity index (χ0) is 26.0. The van der Waals surface area contributed by atoms with E-state index in [4.69, 9.17) is 17.0 Å². The molecule has 1 aliphatic heterocycles. The van der Waals surface area contributed by atoms with Crippen molar-refractivity contribution in [1.29, 1.82) is 0 Å². The van der Waals surface area contributed by atoms with Gasteiger partial charge in [-0.3, -0.25) is 14.5 Å². The number of thioether (sulfide) groups is 1. The third kappa shape index (κ3) is 5.88. The first-order valence-corrected chi connectivity index (χ1v) is 13.3. The van der Waals surface area contributed by atoms with Crippen molar-refractivity contribution in [1.82, 2.24) is 0 Å². The number of aryl methyl sites for hydroxylation is 4. The van der Waals surface area contributed by atoms with Gasteiger partial charge in [-0.1, -0.05) is 53.8 Å². The number of carbonyl (C=O) groups excluding carboxylic acids is 2. The molecule has 3 aromatic carbocycles. The summed E-state index contributed by atoms with van der Waals surface area (Å²) in [6, 6.07) is 17.1. The number of ether oxygens (including phenoxy) is 1. The van der Waals surface area contributed by atoms with Crippen LogP contribution < -0.4 is 15.0 Å². The Morgan fingerprint density at radius 1 is 1.03 bits per heavy atom. The average molecular weight is 582 g/mol. The Labute approximate surface area is 229 Å². The van der Waals surface area contributed by atoms with E-state index in [1.807, 2.05) is 76.2 Å². The Morgan fingerprint density at radius 2 is 1.72 bits per heavy atom. The third-order valence-corrected chi connectivity index (χ3v) is 7.75. The Hall–Kier alpha value is -2.94. The number of rotatable bonds is 6. The predicted octanol–water partition coefficient (Wildman–Crippen LogP) is 7.11. The largest absolute Gasteiger partial charge is 0.484 e. The van der Waals surface area contributed by atoms with Gasteiger partial charge in [-0.2, -0.15) is 0 Å². The van der Waals surface area contributed by atoms with Crippen molar-refractivity contribution in [2.24, 2.45) is 0 Å². The molecule has 1 fully saturated rings. The highest BCUT2D eigenvalue weighted by Crippen LogP contribution is 2.37. The van der Waals surface area contributed by atoms with Crippen molar-refractivity contribution < 1.29 is 14.3 Å². The first-order valence-electron chi connectivity index (χ1n) is 11.3. The number of carbonyl (C=O) groups is 2. The highest BCUT2D eigenvalue weighted by Gasteiger charge is 2.34. The van der Waals surface area contributed by atoms with Gasteiger partial charge >= 0.3 is 0 Å². The predicted molar refractivity (Wildman–Crippen MR) is 156 cm³/mol. The van der Waals surface area contributed by atoms with Crippen LogP contribution in [0.4, 0.5) is 11.4 Å². The topological polar surface area (TPSA) is 58.6 Å². The fourth-order valence-corrected chi connectivity index (χ4v) is 5.60. The molecule has 0 unspecified atom stereocenters. The lowest BCUT2D eigenvalue weighted by atomic mass is 10.1. The first kappa shape index (κ1) is 26.1. The van der Waals surface area contributed by atoms with Gasteiger partial charge in [0.05, 0.1) is 16.3 Å². The van der Waals surface area contributed by atoms with E-state index < -0.39 is 0 Å². The molecule has 1 N–H and O–H groups in total. The van der Waals surface area contributed by atoms with E-state index in [2.05, 4.69) is 21.2 Å². The van der Waals surface area contributed by atoms with Gasteiger partial charge in [0.15, 0.2) is 10.9 Å². The van der Waals surface area contributed by atoms with E-state index in [9.17, 15) is 9.59 Å². The van der Waals surface area contributed by atoms with Crippen LogP contribution in [-0.2, 0) is 9.59 Å². The molecular weight excluding hydrogens is 556 g/mol. The summed E-state index contributed by atoms with van der Waals surface area (Å²) in [5.74, 6) is 0.175. The third-order valence-electron chi connectivity index (χ3n) is 5.79. The summed E-state index contributed by atoms with van der Waals surface area (Å²) < 4.78 is 6.98. The van der Waals surface area contributed by atoms with Gasteiger partial charge in [0.1, 0.15) is 5.75 Å². The molecular formula is C28H25BrN2O3S2. The monoisotopic (exact) mass is 580 g/mol. The lowest BCUT2D eigenvalue weighted by Gasteiger charge is -2.17. The van der Waals surface area contributed by atoms with Gasteiger partial charge in [0.2, 0.25) is 0 Å². The number of amides is 2. The van der Waals surface area contributed by atoms with Gasteiger partial charge in [-0.05, 0) is 102 Å². The molecule has 0 atom stereocenters. The molecule has 0 radical (unpaired) electrons. The minimum Gasteiger partial charge on any atom is -0.484 e. The van der Waals surface area contributed by atoms with E-state index in [0.29, 0.717) is 20.7 Å². The molecule has 184 valence electrons. The minimum absolute atomic E-state index is 0.118. The van der Waals surface area contributed by atoms with Crippen molar-refractivity contribution in [2.45, 2.75) is 27.7 Å². The highest BCUT2D eigenvalue weighted by atomic mass is 79.9. The summed E-state index contributed by atoms with van der Waals surface area (Å²) in [7, 11) is 0. The molecule has 5 nitrogen and oxygen atoms in total. The fraction of sp³-hybridized carbons (Fsp3) is 0.179. The number of hydrogen-bond acceptors (Lipinski definition) is 5. The summed E-state index contributed by atoms with van der Waals surface area (Å²) in [5, 5.41) is 2.86. The van der Waals surface area contributed by atoms with Gasteiger partial charge < -0.3 is 10.1 Å². The summed E-state index contributed by atoms with van der Waals surface area (Å²) in [6.45, 7) is 7.89. The molecule has 0 aliphatic carbocycles. The molecule has 36 heavy (non-hydrogen) atoms. The number of halogens is 1. The van der Waals surface area contributed by atoms with Gasteiger partial charge in [-0.25, -0.2) is 0 Å². The van der Waals surface area contributed by atoms with Crippen LogP contribution >= 0.6 is 39.9 Å². The highest BCUT2D eigenvalue weighted by molar-refractivity contribution is 9.10. The van der Waals surface area contributed by atoms with Crippen LogP contribution in [0.5, 0.6) is 5.75 Å². The maximum Gasteiger partial charge on any atom is 0.270 e. The second kappa shape index (κ2) is 11.0. The average Bonchev–Trinajstić information content (AvgIpc) is 3.10. The van der Waals surface area contributed by atoms with Crippen LogP contribution in [0, 0.1) is 27.7 Å². The summed E-state index contributed by atoms with van der Waals surface area (Å²) in [5.41, 5.74) is 6.73. The van der Waals surface area contributed by atoms with E-state index in [1.54, 1.807) is 17.0 Å². The maximum absolute atomic E-state index is 13.1. The van der Waals surface area contributed by atoms with Crippen molar-refractivity contribution >= 4 is 73.5 Å². The molecule has 1 heterocycles. The van der Waals surface area contributed by atoms with Gasteiger partial charge in [0, 0.05) is 4.47 Å². The molecule has 1 aliphatic rings. The van der Waals surface area contributed by atoms with E-state index in [1.165, 1.54) is 11.8 Å². The number of nitrogens with zero attached hydrogens (tertiary/aromatic N) is 1. The molecule has 4 rings (SSSR count). The summed E-state index contributed by atoms with van der Waals surface area (Å²) in [4.78, 5) is 27.6. The fourth-order valence-electron chi connectivity index (χ4n) is 3.76. The normalized spacial score (nSPS) is 14.5. The number of benzene rings is 3. The Bertz CT molecular complexity index is 1400. The van der Waals surface area contributed by atoms with Crippen LogP contribution in [-0.4, -0.2) is 22.7 Å². The van der Waals surface area contributed by atoms with Gasteiger partial charge in [-0.15, -0.1) is 0 Å². The minimum atomic E-state index is -0.252. The van der Waals surface area contributed by atoms with Crippen LogP contribution in [0.1, 0.15) is 27.8 Å². The lowest BCUT2D eigenvalue weighted by molar-refractivity contribution is -0.118. The SMILES string of the molecule is Cc1ccc(N2C(=O)/C(=C/c3ccc(OCC(=O)Nc4cc(C)c(C)cc4Br)cc3)SC2=S)c(C)c1. The molecule has 1 saturated heterocycles.